The molecule has 11 heteroatoms. The Labute approximate surface area is 233 Å². The predicted octanol–water partition coefficient (Wildman–Crippen LogP) is 3.79. The molecule has 3 N–H and O–H groups in total. The highest BCUT2D eigenvalue weighted by atomic mass is 32.2. The number of benzene rings is 2. The van der Waals surface area contributed by atoms with Crippen molar-refractivity contribution in [3.05, 3.63) is 100 Å². The summed E-state index contributed by atoms with van der Waals surface area (Å²) in [4.78, 5) is 18.8. The molecule has 2 heterocycles. The summed E-state index contributed by atoms with van der Waals surface area (Å²) in [5.41, 5.74) is 9.33. The van der Waals surface area contributed by atoms with Crippen LogP contribution in [0.2, 0.25) is 0 Å². The molecule has 1 aliphatic heterocycles. The summed E-state index contributed by atoms with van der Waals surface area (Å²) >= 11 is 0. The molecular weight excluding hydrogens is 538 g/mol. The number of aromatic nitrogens is 1. The monoisotopic (exact) mass is 572 g/mol. The molecule has 3 atom stereocenters. The van der Waals surface area contributed by atoms with E-state index in [4.69, 9.17) is 10.5 Å². The number of ether oxygens (including phenoxy) is 1. The van der Waals surface area contributed by atoms with Crippen LogP contribution in [0.25, 0.3) is 0 Å². The second kappa shape index (κ2) is 12.8. The third-order valence-electron chi connectivity index (χ3n) is 7.13. The van der Waals surface area contributed by atoms with E-state index >= 15 is 8.78 Å². The van der Waals surface area contributed by atoms with E-state index < -0.39 is 40.2 Å². The van der Waals surface area contributed by atoms with E-state index in [1.54, 1.807) is 42.5 Å². The number of nitrogens with one attached hydrogen (secondary N) is 1. The lowest BCUT2D eigenvalue weighted by molar-refractivity contribution is 0.0894. The number of hydrogen-bond donors (Lipinski definition) is 2. The zero-order valence-electron chi connectivity index (χ0n) is 22.5. The first-order chi connectivity index (χ1) is 19.1. The predicted molar refractivity (Wildman–Crippen MR) is 148 cm³/mol. The van der Waals surface area contributed by atoms with Gasteiger partial charge in [0.15, 0.2) is 0 Å². The lowest BCUT2D eigenvalue weighted by Crippen LogP contribution is -2.50. The van der Waals surface area contributed by atoms with Crippen LogP contribution < -0.4 is 10.5 Å². The van der Waals surface area contributed by atoms with E-state index in [2.05, 4.69) is 9.71 Å². The third kappa shape index (κ3) is 7.01. The fourth-order valence-corrected chi connectivity index (χ4v) is 5.69. The van der Waals surface area contributed by atoms with Gasteiger partial charge in [-0.2, -0.15) is 0 Å². The van der Waals surface area contributed by atoms with Crippen LogP contribution in [-0.4, -0.2) is 54.9 Å². The zero-order valence-corrected chi connectivity index (χ0v) is 23.3. The molecule has 0 radical (unpaired) electrons. The second-order valence-corrected chi connectivity index (χ2v) is 11.9. The summed E-state index contributed by atoms with van der Waals surface area (Å²) in [6.45, 7) is 3.15. The van der Waals surface area contributed by atoms with Crippen LogP contribution in [0.1, 0.15) is 40.6 Å². The van der Waals surface area contributed by atoms with Gasteiger partial charge in [0.2, 0.25) is 10.0 Å². The fraction of sp³-hybridized carbons (Fsp3) is 0.379. The highest BCUT2D eigenvalue weighted by molar-refractivity contribution is 7.89. The highest BCUT2D eigenvalue weighted by Gasteiger charge is 2.47. The smallest absolute Gasteiger partial charge is 0.410 e. The molecule has 40 heavy (non-hydrogen) atoms. The normalized spacial score (nSPS) is 19.1. The van der Waals surface area contributed by atoms with Crippen molar-refractivity contribution >= 4 is 16.1 Å². The van der Waals surface area contributed by atoms with E-state index in [9.17, 15) is 13.2 Å². The number of amides is 1. The first-order valence-corrected chi connectivity index (χ1v) is 14.8. The van der Waals surface area contributed by atoms with Crippen LogP contribution >= 0.6 is 0 Å². The molecule has 1 fully saturated rings. The molecule has 1 saturated heterocycles. The van der Waals surface area contributed by atoms with Gasteiger partial charge >= 0.3 is 6.09 Å². The van der Waals surface area contributed by atoms with Crippen molar-refractivity contribution in [3.63, 3.8) is 0 Å². The van der Waals surface area contributed by atoms with Crippen molar-refractivity contribution in [2.45, 2.75) is 58.1 Å². The van der Waals surface area contributed by atoms with Gasteiger partial charge in [0.1, 0.15) is 18.6 Å². The minimum atomic E-state index is -3.82. The summed E-state index contributed by atoms with van der Waals surface area (Å²) in [5, 5.41) is 0. The van der Waals surface area contributed by atoms with Crippen molar-refractivity contribution in [1.29, 1.82) is 0 Å². The molecule has 1 aromatic heterocycles. The average Bonchev–Trinajstić information content (AvgIpc) is 3.25. The number of likely N-dealkylation sites (tertiary alicyclic amines) is 1. The average molecular weight is 573 g/mol. The topological polar surface area (TPSA) is 115 Å². The fourth-order valence-electron chi connectivity index (χ4n) is 4.81. The van der Waals surface area contributed by atoms with Gasteiger partial charge in [0.05, 0.1) is 30.1 Å². The zero-order chi connectivity index (χ0) is 28.9. The van der Waals surface area contributed by atoms with E-state index in [0.29, 0.717) is 17.0 Å². The van der Waals surface area contributed by atoms with Crippen molar-refractivity contribution in [2.24, 2.45) is 5.73 Å². The number of pyridine rings is 1. The van der Waals surface area contributed by atoms with Gasteiger partial charge in [0.25, 0.3) is 0 Å². The molecule has 4 rings (SSSR count). The Morgan fingerprint density at radius 2 is 1.85 bits per heavy atom. The standard InChI is InChI=1S/C29H34F2N4O4S/c1-3-40(37,38)34-28-24(30)17-35(29(36)39-18-20-8-5-4-6-9-20)26(28)15-22-11-7-10-21(27(22)31)14-25-19(2)12-13-23(16-32)33-25/h4-13,24,26,28,34H,3,14-18,32H2,1-2H3/t24-,26-,28-/m0/s1. The number of alkyl halides is 1. The lowest BCUT2D eigenvalue weighted by atomic mass is 9.96. The number of rotatable bonds is 10. The summed E-state index contributed by atoms with van der Waals surface area (Å²) in [7, 11) is -3.82. The maximum atomic E-state index is 15.8. The maximum Gasteiger partial charge on any atom is 0.410 e. The number of halogens is 2. The summed E-state index contributed by atoms with van der Waals surface area (Å²) in [5.74, 6) is -0.779. The molecule has 2 aromatic carbocycles. The van der Waals surface area contributed by atoms with Crippen LogP contribution in [0, 0.1) is 12.7 Å². The van der Waals surface area contributed by atoms with Crippen LogP contribution in [0.5, 0.6) is 0 Å². The van der Waals surface area contributed by atoms with Crippen LogP contribution in [0.4, 0.5) is 13.6 Å². The molecular formula is C29H34F2N4O4S. The summed E-state index contributed by atoms with van der Waals surface area (Å²) in [6.07, 6.45) is -2.41. The highest BCUT2D eigenvalue weighted by Crippen LogP contribution is 2.28. The molecule has 1 amide bonds. The van der Waals surface area contributed by atoms with E-state index in [-0.39, 0.29) is 43.9 Å². The van der Waals surface area contributed by atoms with Gasteiger partial charge in [0, 0.05) is 18.7 Å². The van der Waals surface area contributed by atoms with Crippen LogP contribution in [0.3, 0.4) is 0 Å². The van der Waals surface area contributed by atoms with Gasteiger partial charge in [-0.3, -0.25) is 4.98 Å². The Morgan fingerprint density at radius 1 is 1.12 bits per heavy atom. The van der Waals surface area contributed by atoms with Gasteiger partial charge < -0.3 is 15.4 Å². The Morgan fingerprint density at radius 3 is 2.55 bits per heavy atom. The number of carbonyl (C=O) groups is 1. The molecule has 0 spiro atoms. The van der Waals surface area contributed by atoms with Gasteiger partial charge in [-0.1, -0.05) is 54.6 Å². The van der Waals surface area contributed by atoms with Crippen molar-refractivity contribution in [1.82, 2.24) is 14.6 Å². The van der Waals surface area contributed by atoms with E-state index in [0.717, 1.165) is 16.0 Å². The Balaban J connectivity index is 1.61. The molecule has 1 aliphatic rings. The maximum absolute atomic E-state index is 15.8. The molecule has 0 bridgehead atoms. The minimum Gasteiger partial charge on any atom is -0.445 e. The number of nitrogens with zero attached hydrogens (tertiary/aromatic N) is 2. The SMILES string of the molecule is CCS(=O)(=O)N[C@H]1[C@@H](F)CN(C(=O)OCc2ccccc2)[C@H]1Cc1cccc(Cc2nc(CN)ccc2C)c1F. The van der Waals surface area contributed by atoms with Crippen molar-refractivity contribution in [2.75, 3.05) is 12.3 Å². The Bertz CT molecular complexity index is 1440. The Hall–Kier alpha value is -3.41. The Kier molecular flexibility index (Phi) is 9.49. The number of hydrogen-bond acceptors (Lipinski definition) is 6. The molecule has 214 valence electrons. The quantitative estimate of drug-likeness (QED) is 0.382. The molecule has 0 aliphatic carbocycles. The van der Waals surface area contributed by atoms with Crippen LogP contribution in [-0.2, 0) is 40.8 Å². The van der Waals surface area contributed by atoms with Gasteiger partial charge in [-0.25, -0.2) is 26.7 Å². The number of aryl methyl sites for hydroxylation is 1. The number of nitrogens with two attached hydrogens (primary N) is 1. The first-order valence-electron chi connectivity index (χ1n) is 13.1. The summed E-state index contributed by atoms with van der Waals surface area (Å²) < 4.78 is 63.7. The molecule has 3 aromatic rings. The second-order valence-electron chi connectivity index (χ2n) is 9.86. The van der Waals surface area contributed by atoms with E-state index in [1.165, 1.54) is 6.92 Å². The van der Waals surface area contributed by atoms with Crippen molar-refractivity contribution < 1.29 is 26.7 Å². The molecule has 0 unspecified atom stereocenters. The molecule has 0 saturated carbocycles. The molecule has 8 nitrogen and oxygen atoms in total. The largest absolute Gasteiger partial charge is 0.445 e. The van der Waals surface area contributed by atoms with Crippen LogP contribution in [0.15, 0.2) is 60.7 Å². The number of sulfonamides is 1. The summed E-state index contributed by atoms with van der Waals surface area (Å²) in [6, 6.07) is 15.3. The van der Waals surface area contributed by atoms with E-state index in [1.807, 2.05) is 25.1 Å². The third-order valence-corrected chi connectivity index (χ3v) is 8.52. The number of carbonyl (C=O) groups excluding carboxylic acids is 1. The lowest BCUT2D eigenvalue weighted by Gasteiger charge is -2.28. The minimum absolute atomic E-state index is 0.0384. The van der Waals surface area contributed by atoms with Gasteiger partial charge in [-0.05, 0) is 48.6 Å². The van der Waals surface area contributed by atoms with Gasteiger partial charge in [-0.15, -0.1) is 0 Å². The first kappa shape index (κ1) is 29.6. The van der Waals surface area contributed by atoms with Crippen molar-refractivity contribution in [3.8, 4) is 0 Å².